The van der Waals surface area contributed by atoms with Gasteiger partial charge in [0.15, 0.2) is 11.6 Å². The van der Waals surface area contributed by atoms with Gasteiger partial charge in [0.2, 0.25) is 0 Å². The number of rotatable bonds is 2. The molecule has 0 spiro atoms. The van der Waals surface area contributed by atoms with E-state index in [1.165, 1.54) is 0 Å². The summed E-state index contributed by atoms with van der Waals surface area (Å²) < 4.78 is 0. The van der Waals surface area contributed by atoms with Crippen LogP contribution in [0.5, 0.6) is 0 Å². The highest BCUT2D eigenvalue weighted by atomic mass is 16.1. The minimum absolute atomic E-state index is 0. The molecule has 6 rings (SSSR count). The highest BCUT2D eigenvalue weighted by Crippen LogP contribution is 2.75. The van der Waals surface area contributed by atoms with Crippen LogP contribution in [0.3, 0.4) is 0 Å². The van der Waals surface area contributed by atoms with E-state index in [9.17, 15) is 14.4 Å². The standard InChI is InChI=1S/C33H45O3.C5H12.C2H6.H2/c1-28(2)14-16-33(27(36)20-8-9-20)17-15-32(7)26(21(33)19-28)22(34)18-24-30(5)12-11-25(35)29(3,4)23(30)10-13-31(24,32)6;1-5(2,3)4;1-2;/h8-9,11-12,21,23-24,26H,10,13-19H2,1-7H3;1-4H3;1-2H3;1H/t21-,23?,24?,26-,30-,31+,32+,33-;;;/m0.../s1. The number of allylic oxidation sites excluding steroid dienone is 4. The van der Waals surface area contributed by atoms with Crippen LogP contribution in [-0.4, -0.2) is 17.3 Å². The van der Waals surface area contributed by atoms with Gasteiger partial charge >= 0.3 is 0 Å². The van der Waals surface area contributed by atoms with E-state index < -0.39 is 0 Å². The van der Waals surface area contributed by atoms with Crippen LogP contribution in [0.2, 0.25) is 0 Å². The quantitative estimate of drug-likeness (QED) is 0.320. The zero-order valence-corrected chi connectivity index (χ0v) is 30.0. The Bertz CT molecular complexity index is 1210. The first-order chi connectivity index (χ1) is 19.6. The van der Waals surface area contributed by atoms with E-state index >= 15 is 0 Å². The Morgan fingerprint density at radius 2 is 1.40 bits per heavy atom. The second-order valence-corrected chi connectivity index (χ2v) is 18.7. The van der Waals surface area contributed by atoms with Gasteiger partial charge in [0, 0.05) is 36.6 Å². The largest absolute Gasteiger partial charge is 0.299 e. The molecular formula is C40H65O3. The number of carbonyl (C=O) groups excluding carboxylic acids is 3. The van der Waals surface area contributed by atoms with Crippen molar-refractivity contribution in [2.24, 2.45) is 61.6 Å². The van der Waals surface area contributed by atoms with Crippen molar-refractivity contribution in [3.8, 4) is 0 Å². The van der Waals surface area contributed by atoms with Crippen molar-refractivity contribution in [2.75, 3.05) is 0 Å². The SMILES string of the molecule is CC.CC(C)(C)C.CC1(C)CC[C@]2(C(=O)C3=C[CH]3)CC[C@]3(C)[C@H](C(=O)CC4[C@@]5(C)C=CC(=O)C(C)(C)C5CC[C@]43C)[C@@H]2C1.[HH]. The molecule has 0 N–H and O–H groups in total. The zero-order valence-electron chi connectivity index (χ0n) is 30.0. The van der Waals surface area contributed by atoms with E-state index in [1.54, 1.807) is 0 Å². The van der Waals surface area contributed by atoms with E-state index in [-0.39, 0.29) is 63.4 Å². The van der Waals surface area contributed by atoms with Crippen molar-refractivity contribution in [3.05, 3.63) is 30.2 Å². The van der Waals surface area contributed by atoms with Crippen LogP contribution in [0.4, 0.5) is 0 Å². The van der Waals surface area contributed by atoms with Gasteiger partial charge in [-0.05, 0) is 95.9 Å². The number of Topliss-reactive ketones (excluding diaryl/α,β-unsaturated/α-hetero) is 2. The molecule has 3 nitrogen and oxygen atoms in total. The van der Waals surface area contributed by atoms with Crippen LogP contribution in [0.1, 0.15) is 143 Å². The van der Waals surface area contributed by atoms with Gasteiger partial charge in [0.1, 0.15) is 5.78 Å². The van der Waals surface area contributed by atoms with E-state index in [0.29, 0.717) is 23.4 Å². The fraction of sp³-hybridized carbons (Fsp3) is 0.800. The first-order valence-corrected chi connectivity index (χ1v) is 17.5. The molecule has 6 aliphatic rings. The summed E-state index contributed by atoms with van der Waals surface area (Å²) in [5, 5.41) is 0. The van der Waals surface area contributed by atoms with Gasteiger partial charge in [-0.15, -0.1) is 0 Å². The first-order valence-electron chi connectivity index (χ1n) is 17.5. The fourth-order valence-electron chi connectivity index (χ4n) is 10.9. The number of hydrogen-bond donors (Lipinski definition) is 0. The normalized spacial score (nSPS) is 43.6. The van der Waals surface area contributed by atoms with Gasteiger partial charge in [0.25, 0.3) is 0 Å². The number of hydrogen-bond acceptors (Lipinski definition) is 3. The number of fused-ring (bicyclic) bond motifs is 7. The van der Waals surface area contributed by atoms with Crippen LogP contribution >= 0.6 is 0 Å². The summed E-state index contributed by atoms with van der Waals surface area (Å²) in [5.74, 6) is 1.56. The summed E-state index contributed by atoms with van der Waals surface area (Å²) in [6.07, 6.45) is 15.5. The summed E-state index contributed by atoms with van der Waals surface area (Å²) in [4.78, 5) is 41.2. The first kappa shape index (κ1) is 34.4. The van der Waals surface area contributed by atoms with Crippen LogP contribution < -0.4 is 0 Å². The molecule has 0 aliphatic heterocycles. The van der Waals surface area contributed by atoms with Crippen LogP contribution in [-0.2, 0) is 14.4 Å². The third-order valence-corrected chi connectivity index (χ3v) is 13.3. The molecule has 3 heteroatoms. The molecular weight excluding hydrogens is 528 g/mol. The lowest BCUT2D eigenvalue weighted by molar-refractivity contribution is -0.220. The molecule has 6 aliphatic carbocycles. The maximum atomic E-state index is 14.5. The molecule has 1 radical (unpaired) electrons. The predicted molar refractivity (Wildman–Crippen MR) is 180 cm³/mol. The molecule has 0 aromatic rings. The zero-order chi connectivity index (χ0) is 32.6. The van der Waals surface area contributed by atoms with Crippen molar-refractivity contribution in [1.29, 1.82) is 0 Å². The molecule has 0 aromatic carbocycles. The third kappa shape index (κ3) is 5.39. The Labute approximate surface area is 266 Å². The van der Waals surface area contributed by atoms with Gasteiger partial charge in [-0.25, -0.2) is 0 Å². The summed E-state index contributed by atoms with van der Waals surface area (Å²) in [6, 6.07) is 0. The summed E-state index contributed by atoms with van der Waals surface area (Å²) in [7, 11) is 0. The molecule has 0 bridgehead atoms. The smallest absolute Gasteiger partial charge is 0.165 e. The average Bonchev–Trinajstić information content (AvgIpc) is 3.73. The van der Waals surface area contributed by atoms with Crippen LogP contribution in [0.15, 0.2) is 23.8 Å². The molecule has 0 amide bonds. The Kier molecular flexibility index (Phi) is 8.62. The molecule has 4 saturated carbocycles. The molecule has 8 atom stereocenters. The molecule has 0 saturated heterocycles. The van der Waals surface area contributed by atoms with E-state index in [1.807, 2.05) is 32.4 Å². The van der Waals surface area contributed by atoms with Crippen molar-refractivity contribution < 1.29 is 15.8 Å². The van der Waals surface area contributed by atoms with Crippen LogP contribution in [0, 0.1) is 68.0 Å². The molecule has 243 valence electrons. The second kappa shape index (κ2) is 10.8. The van der Waals surface area contributed by atoms with Gasteiger partial charge in [0.05, 0.1) is 0 Å². The van der Waals surface area contributed by atoms with E-state index in [4.69, 9.17) is 0 Å². The molecule has 43 heavy (non-hydrogen) atoms. The van der Waals surface area contributed by atoms with Crippen LogP contribution in [0.25, 0.3) is 0 Å². The summed E-state index contributed by atoms with van der Waals surface area (Å²) in [6.45, 7) is 28.9. The average molecular weight is 594 g/mol. The lowest BCUT2D eigenvalue weighted by Crippen LogP contribution is -2.69. The summed E-state index contributed by atoms with van der Waals surface area (Å²) >= 11 is 0. The van der Waals surface area contributed by atoms with Crippen molar-refractivity contribution in [2.45, 2.75) is 141 Å². The lowest BCUT2D eigenvalue weighted by atomic mass is 9.31. The Hall–Kier alpha value is -1.51. The van der Waals surface area contributed by atoms with Gasteiger partial charge < -0.3 is 0 Å². The third-order valence-electron chi connectivity index (χ3n) is 13.3. The minimum Gasteiger partial charge on any atom is -0.299 e. The lowest BCUT2D eigenvalue weighted by Gasteiger charge is -2.71. The van der Waals surface area contributed by atoms with Crippen molar-refractivity contribution in [3.63, 3.8) is 0 Å². The molecule has 0 aromatic heterocycles. The monoisotopic (exact) mass is 593 g/mol. The minimum atomic E-state index is -0.387. The molecule has 0 heterocycles. The molecule has 2 unspecified atom stereocenters. The maximum Gasteiger partial charge on any atom is 0.165 e. The predicted octanol–water partition coefficient (Wildman–Crippen LogP) is 10.4. The van der Waals surface area contributed by atoms with Gasteiger partial charge in [-0.3, -0.25) is 14.4 Å². The van der Waals surface area contributed by atoms with Gasteiger partial charge in [-0.2, -0.15) is 0 Å². The Balaban J connectivity index is 0.000000604. The molecule has 4 fully saturated rings. The Morgan fingerprint density at radius 3 is 1.95 bits per heavy atom. The highest BCUT2D eigenvalue weighted by Gasteiger charge is 2.72. The second-order valence-electron chi connectivity index (χ2n) is 18.7. The number of carbonyl (C=O) groups is 3. The highest BCUT2D eigenvalue weighted by molar-refractivity contribution is 6.07. The topological polar surface area (TPSA) is 51.2 Å². The maximum absolute atomic E-state index is 14.5. The fourth-order valence-corrected chi connectivity index (χ4v) is 10.9. The van der Waals surface area contributed by atoms with E-state index in [2.05, 4.69) is 82.2 Å². The van der Waals surface area contributed by atoms with E-state index in [0.717, 1.165) is 50.5 Å². The Morgan fingerprint density at radius 1 is 0.837 bits per heavy atom. The number of ketones is 3. The summed E-state index contributed by atoms with van der Waals surface area (Å²) in [5.41, 5.74) is 0.551. The van der Waals surface area contributed by atoms with Crippen molar-refractivity contribution in [1.82, 2.24) is 0 Å². The van der Waals surface area contributed by atoms with Gasteiger partial charge in [-0.1, -0.05) is 102 Å². The van der Waals surface area contributed by atoms with Crippen molar-refractivity contribution >= 4 is 17.3 Å².